The second-order valence-electron chi connectivity index (χ2n) is 8.21. The molecule has 2 amide bonds. The molecular formula is C23H26N6O5. The summed E-state index contributed by atoms with van der Waals surface area (Å²) < 4.78 is 18.4. The predicted molar refractivity (Wildman–Crippen MR) is 120 cm³/mol. The molecule has 4 bridgehead atoms. The van der Waals surface area contributed by atoms with E-state index in [-0.39, 0.29) is 23.3 Å². The smallest absolute Gasteiger partial charge is 0.277 e. The number of carbonyl (C=O) groups excluding carboxylic acids is 2. The fourth-order valence-corrected chi connectivity index (χ4v) is 4.01. The summed E-state index contributed by atoms with van der Waals surface area (Å²) in [6.45, 7) is 2.51. The molecule has 3 aromatic heterocycles. The molecular weight excluding hydrogens is 440 g/mol. The summed E-state index contributed by atoms with van der Waals surface area (Å²) in [7, 11) is 0. The third-order valence-electron chi connectivity index (χ3n) is 5.81. The number of amides is 2. The van der Waals surface area contributed by atoms with Crippen molar-refractivity contribution in [3.63, 3.8) is 0 Å². The molecule has 0 aromatic carbocycles. The van der Waals surface area contributed by atoms with Gasteiger partial charge in [0.1, 0.15) is 6.26 Å². The van der Waals surface area contributed by atoms with Gasteiger partial charge in [-0.05, 0) is 37.8 Å². The summed E-state index contributed by atoms with van der Waals surface area (Å²) in [5.74, 6) is -0.554. The molecule has 3 aromatic rings. The highest BCUT2D eigenvalue weighted by Crippen LogP contribution is 2.25. The molecule has 2 aliphatic heterocycles. The molecule has 178 valence electrons. The van der Waals surface area contributed by atoms with Crippen molar-refractivity contribution in [2.75, 3.05) is 38.3 Å². The van der Waals surface area contributed by atoms with Crippen LogP contribution in [0.5, 0.6) is 0 Å². The van der Waals surface area contributed by atoms with Crippen LogP contribution in [0.15, 0.2) is 35.2 Å². The van der Waals surface area contributed by atoms with Crippen molar-refractivity contribution < 1.29 is 23.5 Å². The van der Waals surface area contributed by atoms with E-state index in [9.17, 15) is 9.59 Å². The van der Waals surface area contributed by atoms with Gasteiger partial charge in [0.15, 0.2) is 11.4 Å². The third kappa shape index (κ3) is 5.00. The Morgan fingerprint density at radius 2 is 1.91 bits per heavy atom. The van der Waals surface area contributed by atoms with Crippen LogP contribution in [-0.2, 0) is 15.9 Å². The van der Waals surface area contributed by atoms with Gasteiger partial charge >= 0.3 is 0 Å². The van der Waals surface area contributed by atoms with Gasteiger partial charge < -0.3 is 24.5 Å². The molecule has 0 unspecified atom stereocenters. The highest BCUT2D eigenvalue weighted by molar-refractivity contribution is 6.07. The molecule has 2 N–H and O–H groups in total. The van der Waals surface area contributed by atoms with Gasteiger partial charge in [-0.1, -0.05) is 0 Å². The van der Waals surface area contributed by atoms with Gasteiger partial charge in [0.25, 0.3) is 11.8 Å². The van der Waals surface area contributed by atoms with Crippen molar-refractivity contribution in [2.45, 2.75) is 31.7 Å². The lowest BCUT2D eigenvalue weighted by Gasteiger charge is -2.22. The van der Waals surface area contributed by atoms with Crippen molar-refractivity contribution in [1.29, 1.82) is 0 Å². The van der Waals surface area contributed by atoms with Crippen LogP contribution in [0.3, 0.4) is 0 Å². The van der Waals surface area contributed by atoms with E-state index in [2.05, 4.69) is 25.7 Å². The summed E-state index contributed by atoms with van der Waals surface area (Å²) in [6, 6.07) is 3.77. The van der Waals surface area contributed by atoms with E-state index in [1.807, 2.05) is 6.07 Å². The average Bonchev–Trinajstić information content (AvgIpc) is 3.52. The predicted octanol–water partition coefficient (Wildman–Crippen LogP) is 2.23. The number of nitrogens with zero attached hydrogens (tertiary/aromatic N) is 4. The van der Waals surface area contributed by atoms with Crippen LogP contribution in [0.4, 0.5) is 5.69 Å². The number of nitrogens with one attached hydrogen (secondary N) is 2. The molecule has 1 saturated heterocycles. The summed E-state index contributed by atoms with van der Waals surface area (Å²) in [4.78, 5) is 34.6. The van der Waals surface area contributed by atoms with Crippen molar-refractivity contribution in [1.82, 2.24) is 25.1 Å². The molecule has 11 heteroatoms. The fraction of sp³-hybridized carbons (Fsp3) is 0.435. The molecule has 5 rings (SSSR count). The lowest BCUT2D eigenvalue weighted by Crippen LogP contribution is -2.29. The molecule has 1 fully saturated rings. The number of aryl methyl sites for hydroxylation is 1. The third-order valence-corrected chi connectivity index (χ3v) is 5.81. The monoisotopic (exact) mass is 466 g/mol. The maximum atomic E-state index is 13.0. The summed E-state index contributed by atoms with van der Waals surface area (Å²) in [5.41, 5.74) is 2.17. The van der Waals surface area contributed by atoms with Crippen LogP contribution in [0.25, 0.3) is 11.5 Å². The molecule has 5 heterocycles. The molecule has 0 radical (unpaired) electrons. The van der Waals surface area contributed by atoms with Crippen LogP contribution in [0, 0.1) is 0 Å². The van der Waals surface area contributed by atoms with E-state index in [1.54, 1.807) is 23.1 Å². The molecule has 0 saturated carbocycles. The molecule has 0 spiro atoms. The Labute approximate surface area is 195 Å². The lowest BCUT2D eigenvalue weighted by atomic mass is 10.1. The Hall–Kier alpha value is -3.57. The number of aromatic nitrogens is 4. The number of pyridine rings is 1. The molecule has 34 heavy (non-hydrogen) atoms. The van der Waals surface area contributed by atoms with E-state index >= 15 is 0 Å². The number of rotatable bonds is 1. The number of carbonyl (C=O) groups is 2. The first-order valence-corrected chi connectivity index (χ1v) is 11.4. The Balaban J connectivity index is 1.44. The Kier molecular flexibility index (Phi) is 6.63. The zero-order chi connectivity index (χ0) is 23.3. The number of fused-ring (bicyclic) bond motifs is 6. The zero-order valence-corrected chi connectivity index (χ0v) is 18.7. The van der Waals surface area contributed by atoms with Gasteiger partial charge in [0.05, 0.1) is 18.3 Å². The Morgan fingerprint density at radius 1 is 1.06 bits per heavy atom. The number of hydrogen-bond acceptors (Lipinski definition) is 8. The molecule has 0 aliphatic carbocycles. The molecule has 0 atom stereocenters. The minimum atomic E-state index is -0.491. The summed E-state index contributed by atoms with van der Waals surface area (Å²) in [6.07, 6.45) is 7.75. The second-order valence-corrected chi connectivity index (χ2v) is 8.21. The first-order valence-electron chi connectivity index (χ1n) is 11.4. The lowest BCUT2D eigenvalue weighted by molar-refractivity contribution is 0.0660. The number of anilines is 1. The summed E-state index contributed by atoms with van der Waals surface area (Å²) in [5, 5.41) is 10.1. The van der Waals surface area contributed by atoms with Crippen molar-refractivity contribution in [3.8, 4) is 11.5 Å². The van der Waals surface area contributed by atoms with E-state index in [0.29, 0.717) is 44.6 Å². The zero-order valence-electron chi connectivity index (χ0n) is 18.7. The van der Waals surface area contributed by atoms with Crippen molar-refractivity contribution >= 4 is 17.5 Å². The van der Waals surface area contributed by atoms with Crippen LogP contribution < -0.4 is 10.6 Å². The van der Waals surface area contributed by atoms with E-state index < -0.39 is 5.91 Å². The highest BCUT2D eigenvalue weighted by Gasteiger charge is 2.24. The van der Waals surface area contributed by atoms with Crippen LogP contribution >= 0.6 is 0 Å². The van der Waals surface area contributed by atoms with E-state index in [1.165, 1.54) is 6.26 Å². The summed E-state index contributed by atoms with van der Waals surface area (Å²) >= 11 is 0. The van der Waals surface area contributed by atoms with E-state index in [4.69, 9.17) is 13.9 Å². The normalized spacial score (nSPS) is 18.4. The number of ether oxygens (including phenoxy) is 2. The first kappa shape index (κ1) is 22.2. The van der Waals surface area contributed by atoms with Gasteiger partial charge in [0.2, 0.25) is 5.89 Å². The topological polar surface area (TPSA) is 133 Å². The van der Waals surface area contributed by atoms with E-state index in [0.717, 1.165) is 36.9 Å². The van der Waals surface area contributed by atoms with Crippen molar-refractivity contribution in [2.24, 2.45) is 0 Å². The standard InChI is InChI=1S/C23H26N6O5/c30-21-19-14-34-23(27-19)15-3-6-24-16(12-15)2-1-8-32-11-7-25-22(31)20-18(26-21)13-29(28-20)17-4-9-33-10-5-17/h3,6,12-14,17H,1-2,4-5,7-11H2,(H,25,31)(H,26,30). The largest absolute Gasteiger partial charge is 0.444 e. The minimum absolute atomic E-state index is 0.0930. The van der Waals surface area contributed by atoms with Crippen molar-refractivity contribution in [3.05, 3.63) is 47.9 Å². The Bertz CT molecular complexity index is 1170. The van der Waals surface area contributed by atoms with Crippen LogP contribution in [0.2, 0.25) is 0 Å². The maximum absolute atomic E-state index is 13.0. The first-order chi connectivity index (χ1) is 16.7. The minimum Gasteiger partial charge on any atom is -0.444 e. The Morgan fingerprint density at radius 3 is 2.79 bits per heavy atom. The van der Waals surface area contributed by atoms with Gasteiger partial charge in [-0.15, -0.1) is 0 Å². The van der Waals surface area contributed by atoms with Gasteiger partial charge in [0, 0.05) is 50.0 Å². The van der Waals surface area contributed by atoms with Crippen LogP contribution in [0.1, 0.15) is 52.0 Å². The number of hydrogen-bond donors (Lipinski definition) is 2. The van der Waals surface area contributed by atoms with Gasteiger partial charge in [-0.25, -0.2) is 4.98 Å². The maximum Gasteiger partial charge on any atom is 0.277 e. The quantitative estimate of drug-likeness (QED) is 0.558. The van der Waals surface area contributed by atoms with Gasteiger partial charge in [-0.3, -0.25) is 19.3 Å². The highest BCUT2D eigenvalue weighted by atomic mass is 16.5. The van der Waals surface area contributed by atoms with Gasteiger partial charge in [-0.2, -0.15) is 5.10 Å². The SMILES string of the molecule is O=C1Nc2cn(C3CCOCC3)nc2C(=O)NCCOCCCc2cc(ccn2)-c2nc1co2. The average molecular weight is 466 g/mol. The van der Waals surface area contributed by atoms with Crippen LogP contribution in [-0.4, -0.2) is 64.5 Å². The fourth-order valence-electron chi connectivity index (χ4n) is 4.01. The molecule has 2 aliphatic rings. The number of oxazole rings is 1. The molecule has 11 nitrogen and oxygen atoms in total. The second kappa shape index (κ2) is 10.1.